The summed E-state index contributed by atoms with van der Waals surface area (Å²) in [7, 11) is 0. The van der Waals surface area contributed by atoms with E-state index in [1.807, 2.05) is 0 Å². The molecule has 0 aliphatic heterocycles. The van der Waals surface area contributed by atoms with E-state index < -0.39 is 4.92 Å². The molecule has 4 heteroatoms. The van der Waals surface area contributed by atoms with E-state index in [9.17, 15) is 14.5 Å². The summed E-state index contributed by atoms with van der Waals surface area (Å²) in [5.74, 6) is 0. The van der Waals surface area contributed by atoms with Crippen molar-refractivity contribution in [3.05, 3.63) is 46.3 Å². The Morgan fingerprint density at radius 3 is 2.33 bits per heavy atom. The summed E-state index contributed by atoms with van der Waals surface area (Å²) in [5, 5.41) is 10.2. The van der Waals surface area contributed by atoms with Crippen LogP contribution in [-0.2, 0) is 0 Å². The van der Waals surface area contributed by atoms with Gasteiger partial charge in [0.25, 0.3) is 5.69 Å². The Hall–Kier alpha value is -1.71. The van der Waals surface area contributed by atoms with Gasteiger partial charge in [0.2, 0.25) is 0 Å². The molecule has 0 saturated heterocycles. The Bertz CT molecular complexity index is 305. The van der Waals surface area contributed by atoms with Gasteiger partial charge in [-0.15, -0.1) is 0 Å². The Labute approximate surface area is 68.3 Å². The average Bonchev–Trinajstić information content (AvgIpc) is 2.06. The molecule has 0 aromatic heterocycles. The second kappa shape index (κ2) is 3.61. The fraction of sp³-hybridized carbons (Fsp3) is 0. The zero-order chi connectivity index (χ0) is 8.97. The molecule has 0 fully saturated rings. The summed E-state index contributed by atoms with van der Waals surface area (Å²) in [6.07, 6.45) is 1.62. The zero-order valence-corrected chi connectivity index (χ0v) is 6.11. The fourth-order valence-electron chi connectivity index (χ4n) is 0.780. The van der Waals surface area contributed by atoms with E-state index in [2.05, 4.69) is 0 Å². The number of non-ortho nitro benzene ring substituents is 1. The van der Waals surface area contributed by atoms with E-state index in [-0.39, 0.29) is 5.69 Å². The molecule has 0 aliphatic rings. The standard InChI is InChI=1S/C8H6FNO2/c9-6-5-7-1-3-8(4-2-7)10(11)12/h1-6H/b6-5+. The highest BCUT2D eigenvalue weighted by atomic mass is 19.1. The zero-order valence-electron chi connectivity index (χ0n) is 6.11. The molecular weight excluding hydrogens is 161 g/mol. The number of rotatable bonds is 2. The third kappa shape index (κ3) is 1.88. The minimum atomic E-state index is -0.497. The van der Waals surface area contributed by atoms with Crippen LogP contribution in [0.4, 0.5) is 10.1 Å². The minimum absolute atomic E-state index is 0.00556. The molecule has 62 valence electrons. The maximum atomic E-state index is 11.6. The predicted octanol–water partition coefficient (Wildman–Crippen LogP) is 2.54. The number of benzene rings is 1. The molecule has 0 heterocycles. The number of hydrogen-bond acceptors (Lipinski definition) is 2. The molecule has 0 spiro atoms. The van der Waals surface area contributed by atoms with Crippen molar-refractivity contribution in [1.82, 2.24) is 0 Å². The van der Waals surface area contributed by atoms with E-state index in [4.69, 9.17) is 0 Å². The Balaban J connectivity index is 2.93. The first-order valence-electron chi connectivity index (χ1n) is 3.25. The molecule has 0 N–H and O–H groups in total. The molecular formula is C8H6FNO2. The van der Waals surface area contributed by atoms with Gasteiger partial charge in [-0.05, 0) is 23.8 Å². The van der Waals surface area contributed by atoms with Crippen molar-refractivity contribution < 1.29 is 9.31 Å². The van der Waals surface area contributed by atoms with Crippen molar-refractivity contribution in [2.75, 3.05) is 0 Å². The summed E-state index contributed by atoms with van der Waals surface area (Å²) < 4.78 is 11.6. The van der Waals surface area contributed by atoms with Crippen LogP contribution >= 0.6 is 0 Å². The maximum Gasteiger partial charge on any atom is 0.269 e. The predicted molar refractivity (Wildman–Crippen MR) is 43.2 cm³/mol. The van der Waals surface area contributed by atoms with E-state index in [1.54, 1.807) is 0 Å². The molecule has 0 radical (unpaired) electrons. The van der Waals surface area contributed by atoms with Crippen molar-refractivity contribution in [3.8, 4) is 0 Å². The topological polar surface area (TPSA) is 43.1 Å². The van der Waals surface area contributed by atoms with Gasteiger partial charge >= 0.3 is 0 Å². The third-order valence-corrected chi connectivity index (χ3v) is 1.36. The normalized spacial score (nSPS) is 10.4. The second-order valence-electron chi connectivity index (χ2n) is 2.14. The van der Waals surface area contributed by atoms with Crippen LogP contribution in [0.2, 0.25) is 0 Å². The lowest BCUT2D eigenvalue weighted by Gasteiger charge is -1.91. The third-order valence-electron chi connectivity index (χ3n) is 1.36. The van der Waals surface area contributed by atoms with Crippen LogP contribution in [0, 0.1) is 10.1 Å². The molecule has 1 rings (SSSR count). The molecule has 0 unspecified atom stereocenters. The first kappa shape index (κ1) is 8.39. The van der Waals surface area contributed by atoms with Crippen molar-refractivity contribution >= 4 is 11.8 Å². The van der Waals surface area contributed by atoms with Crippen LogP contribution in [0.1, 0.15) is 5.56 Å². The SMILES string of the molecule is O=[N+]([O-])c1ccc(/C=C/F)cc1. The molecule has 0 saturated carbocycles. The second-order valence-corrected chi connectivity index (χ2v) is 2.14. The molecule has 0 aliphatic carbocycles. The Morgan fingerprint density at radius 2 is 1.92 bits per heavy atom. The smallest absolute Gasteiger partial charge is 0.258 e. The minimum Gasteiger partial charge on any atom is -0.258 e. The lowest BCUT2D eigenvalue weighted by molar-refractivity contribution is -0.384. The fourth-order valence-corrected chi connectivity index (χ4v) is 0.780. The van der Waals surface area contributed by atoms with Gasteiger partial charge in [-0.3, -0.25) is 10.1 Å². The van der Waals surface area contributed by atoms with E-state index >= 15 is 0 Å². The Morgan fingerprint density at radius 1 is 1.33 bits per heavy atom. The van der Waals surface area contributed by atoms with Gasteiger partial charge in [-0.25, -0.2) is 4.39 Å². The van der Waals surface area contributed by atoms with Crippen LogP contribution in [0.5, 0.6) is 0 Å². The van der Waals surface area contributed by atoms with Gasteiger partial charge in [-0.2, -0.15) is 0 Å². The van der Waals surface area contributed by atoms with Crippen LogP contribution in [0.25, 0.3) is 6.08 Å². The molecule has 12 heavy (non-hydrogen) atoms. The summed E-state index contributed by atoms with van der Waals surface area (Å²) in [6.45, 7) is 0. The largest absolute Gasteiger partial charge is 0.269 e. The molecule has 1 aromatic rings. The number of halogens is 1. The van der Waals surface area contributed by atoms with Gasteiger partial charge < -0.3 is 0 Å². The van der Waals surface area contributed by atoms with Crippen molar-refractivity contribution in [1.29, 1.82) is 0 Å². The van der Waals surface area contributed by atoms with Gasteiger partial charge in [0.1, 0.15) is 0 Å². The molecule has 0 amide bonds. The van der Waals surface area contributed by atoms with Crippen molar-refractivity contribution in [2.24, 2.45) is 0 Å². The van der Waals surface area contributed by atoms with Gasteiger partial charge in [0.15, 0.2) is 0 Å². The van der Waals surface area contributed by atoms with Crippen molar-refractivity contribution in [2.45, 2.75) is 0 Å². The van der Waals surface area contributed by atoms with Gasteiger partial charge in [0.05, 0.1) is 11.3 Å². The lowest BCUT2D eigenvalue weighted by Crippen LogP contribution is -1.86. The highest BCUT2D eigenvalue weighted by Gasteiger charge is 2.01. The van der Waals surface area contributed by atoms with E-state index in [1.165, 1.54) is 30.3 Å². The van der Waals surface area contributed by atoms with Crippen LogP contribution in [0.3, 0.4) is 0 Å². The number of hydrogen-bond donors (Lipinski definition) is 0. The summed E-state index contributed by atoms with van der Waals surface area (Å²) >= 11 is 0. The number of nitro groups is 1. The number of nitro benzene ring substituents is 1. The molecule has 0 bridgehead atoms. The lowest BCUT2D eigenvalue weighted by atomic mass is 10.2. The summed E-state index contributed by atoms with van der Waals surface area (Å²) in [5.41, 5.74) is 0.606. The van der Waals surface area contributed by atoms with Crippen LogP contribution < -0.4 is 0 Å². The van der Waals surface area contributed by atoms with E-state index in [0.717, 1.165) is 0 Å². The monoisotopic (exact) mass is 167 g/mol. The summed E-state index contributed by atoms with van der Waals surface area (Å²) in [6, 6.07) is 5.62. The van der Waals surface area contributed by atoms with Gasteiger partial charge in [-0.1, -0.05) is 0 Å². The quantitative estimate of drug-likeness (QED) is 0.501. The van der Waals surface area contributed by atoms with Crippen molar-refractivity contribution in [3.63, 3.8) is 0 Å². The van der Waals surface area contributed by atoms with Crippen LogP contribution in [0.15, 0.2) is 30.6 Å². The van der Waals surface area contributed by atoms with Gasteiger partial charge in [0, 0.05) is 12.1 Å². The Kier molecular flexibility index (Phi) is 2.53. The highest BCUT2D eigenvalue weighted by molar-refractivity contribution is 5.50. The molecule has 0 atom stereocenters. The van der Waals surface area contributed by atoms with Crippen LogP contribution in [-0.4, -0.2) is 4.92 Å². The van der Waals surface area contributed by atoms with E-state index in [0.29, 0.717) is 11.9 Å². The number of nitrogens with zero attached hydrogens (tertiary/aromatic N) is 1. The molecule has 3 nitrogen and oxygen atoms in total. The first-order chi connectivity index (χ1) is 5.74. The summed E-state index contributed by atoms with van der Waals surface area (Å²) in [4.78, 5) is 9.69. The highest BCUT2D eigenvalue weighted by Crippen LogP contribution is 2.12. The first-order valence-corrected chi connectivity index (χ1v) is 3.25. The maximum absolute atomic E-state index is 11.6. The molecule has 1 aromatic carbocycles. The average molecular weight is 167 g/mol.